The van der Waals surface area contributed by atoms with Gasteiger partial charge in [-0.25, -0.2) is 13.2 Å². The predicted octanol–water partition coefficient (Wildman–Crippen LogP) is 0.492. The van der Waals surface area contributed by atoms with Crippen molar-refractivity contribution in [1.82, 2.24) is 9.21 Å². The number of benzene rings is 1. The monoisotopic (exact) mass is 344 g/mol. The van der Waals surface area contributed by atoms with Crippen LogP contribution >= 0.6 is 0 Å². The number of rotatable bonds is 7. The van der Waals surface area contributed by atoms with E-state index in [1.807, 2.05) is 0 Å². The van der Waals surface area contributed by atoms with Crippen LogP contribution in [0.15, 0.2) is 23.1 Å². The quantitative estimate of drug-likeness (QED) is 0.772. The van der Waals surface area contributed by atoms with Crippen molar-refractivity contribution in [1.29, 1.82) is 0 Å². The van der Waals surface area contributed by atoms with Crippen molar-refractivity contribution < 1.29 is 27.9 Å². The Kier molecular flexibility index (Phi) is 6.11. The highest BCUT2D eigenvalue weighted by molar-refractivity contribution is 7.89. The fourth-order valence-corrected chi connectivity index (χ4v) is 2.86. The van der Waals surface area contributed by atoms with Gasteiger partial charge in [0, 0.05) is 21.1 Å². The molecule has 1 N–H and O–H groups in total. The van der Waals surface area contributed by atoms with E-state index in [1.165, 1.54) is 38.2 Å². The Morgan fingerprint density at radius 3 is 2.30 bits per heavy atom. The van der Waals surface area contributed by atoms with Crippen LogP contribution in [0.1, 0.15) is 17.3 Å². The van der Waals surface area contributed by atoms with Gasteiger partial charge >= 0.3 is 5.97 Å². The topological polar surface area (TPSA) is 104 Å². The molecule has 0 aromatic heterocycles. The summed E-state index contributed by atoms with van der Waals surface area (Å²) in [6.07, 6.45) is 0. The van der Waals surface area contributed by atoms with Gasteiger partial charge in [0.1, 0.15) is 11.3 Å². The second-order valence-corrected chi connectivity index (χ2v) is 6.99. The molecule has 0 aliphatic carbocycles. The third kappa shape index (κ3) is 4.42. The molecule has 23 heavy (non-hydrogen) atoms. The molecule has 1 rings (SSSR count). The maximum absolute atomic E-state index is 12.5. The van der Waals surface area contributed by atoms with Crippen LogP contribution in [0.3, 0.4) is 0 Å². The van der Waals surface area contributed by atoms with Gasteiger partial charge in [0.25, 0.3) is 0 Å². The third-order valence-electron chi connectivity index (χ3n) is 3.05. The molecule has 0 saturated heterocycles. The Labute approximate surface area is 135 Å². The Morgan fingerprint density at radius 1 is 1.22 bits per heavy atom. The van der Waals surface area contributed by atoms with Crippen molar-refractivity contribution in [3.8, 4) is 5.75 Å². The van der Waals surface area contributed by atoms with Crippen molar-refractivity contribution in [2.45, 2.75) is 11.8 Å². The molecule has 0 aliphatic rings. The lowest BCUT2D eigenvalue weighted by molar-refractivity contribution is -0.128. The number of nitrogens with zero attached hydrogens (tertiary/aromatic N) is 2. The molecule has 0 fully saturated rings. The maximum Gasteiger partial charge on any atom is 0.339 e. The van der Waals surface area contributed by atoms with Crippen molar-refractivity contribution in [3.05, 3.63) is 23.8 Å². The minimum atomic E-state index is -3.99. The van der Waals surface area contributed by atoms with Gasteiger partial charge in [-0.1, -0.05) is 0 Å². The van der Waals surface area contributed by atoms with E-state index < -0.39 is 16.0 Å². The van der Waals surface area contributed by atoms with Crippen LogP contribution in [0.25, 0.3) is 0 Å². The fourth-order valence-electron chi connectivity index (χ4n) is 1.71. The maximum atomic E-state index is 12.5. The molecule has 0 unspecified atom stereocenters. The first kappa shape index (κ1) is 18.9. The minimum absolute atomic E-state index is 0.0889. The highest BCUT2D eigenvalue weighted by Gasteiger charge is 2.25. The molecule has 0 bridgehead atoms. The van der Waals surface area contributed by atoms with Crippen LogP contribution in [0.4, 0.5) is 0 Å². The zero-order valence-corrected chi connectivity index (χ0v) is 14.3. The summed E-state index contributed by atoms with van der Waals surface area (Å²) >= 11 is 0. The molecule has 9 heteroatoms. The second kappa shape index (κ2) is 7.42. The average molecular weight is 344 g/mol. The van der Waals surface area contributed by atoms with Crippen molar-refractivity contribution in [2.75, 3.05) is 34.3 Å². The highest BCUT2D eigenvalue weighted by Crippen LogP contribution is 2.24. The lowest BCUT2D eigenvalue weighted by Gasteiger charge is -2.19. The number of likely N-dealkylation sites (N-methyl/N-ethyl adjacent to an activating group) is 2. The van der Waals surface area contributed by atoms with E-state index in [0.29, 0.717) is 0 Å². The minimum Gasteiger partial charge on any atom is -0.493 e. The molecule has 0 aliphatic heterocycles. The van der Waals surface area contributed by atoms with Crippen molar-refractivity contribution in [3.63, 3.8) is 0 Å². The van der Waals surface area contributed by atoms with E-state index >= 15 is 0 Å². The molecular weight excluding hydrogens is 324 g/mol. The van der Waals surface area contributed by atoms with Crippen LogP contribution in [0.2, 0.25) is 0 Å². The van der Waals surface area contributed by atoms with Crippen LogP contribution in [0.5, 0.6) is 5.75 Å². The van der Waals surface area contributed by atoms with E-state index in [0.717, 1.165) is 10.4 Å². The zero-order chi connectivity index (χ0) is 17.8. The Morgan fingerprint density at radius 2 is 1.83 bits per heavy atom. The van der Waals surface area contributed by atoms with Gasteiger partial charge in [0.15, 0.2) is 0 Å². The molecule has 128 valence electrons. The summed E-state index contributed by atoms with van der Waals surface area (Å²) in [5.41, 5.74) is -0.250. The fraction of sp³-hybridized carbons (Fsp3) is 0.429. The molecule has 0 saturated carbocycles. The van der Waals surface area contributed by atoms with Gasteiger partial charge in [0.2, 0.25) is 15.9 Å². The number of ether oxygens (including phenoxy) is 1. The molecular formula is C14H20N2O6S. The summed E-state index contributed by atoms with van der Waals surface area (Å²) in [4.78, 5) is 24.0. The number of aromatic carboxylic acids is 1. The summed E-state index contributed by atoms with van der Waals surface area (Å²) in [5, 5.41) is 9.19. The summed E-state index contributed by atoms with van der Waals surface area (Å²) < 4.78 is 31.0. The molecule has 1 amide bonds. The van der Waals surface area contributed by atoms with Crippen LogP contribution in [-0.2, 0) is 14.8 Å². The summed E-state index contributed by atoms with van der Waals surface area (Å²) in [6.45, 7) is 1.60. The van der Waals surface area contributed by atoms with Gasteiger partial charge in [-0.05, 0) is 25.1 Å². The number of carbonyl (C=O) groups is 2. The number of amides is 1. The van der Waals surface area contributed by atoms with E-state index in [2.05, 4.69) is 0 Å². The summed E-state index contributed by atoms with van der Waals surface area (Å²) in [7, 11) is 0.301. The molecule has 1 aromatic rings. The lowest BCUT2D eigenvalue weighted by Crippen LogP contribution is -2.37. The van der Waals surface area contributed by atoms with Gasteiger partial charge in [-0.2, -0.15) is 4.31 Å². The number of hydrogen-bond donors (Lipinski definition) is 1. The van der Waals surface area contributed by atoms with E-state index in [1.54, 1.807) is 6.92 Å². The smallest absolute Gasteiger partial charge is 0.339 e. The van der Waals surface area contributed by atoms with Gasteiger partial charge in [0.05, 0.1) is 18.0 Å². The van der Waals surface area contributed by atoms with E-state index in [-0.39, 0.29) is 35.3 Å². The molecule has 1 aromatic carbocycles. The molecule has 8 nitrogen and oxygen atoms in total. The van der Waals surface area contributed by atoms with Crippen LogP contribution in [-0.4, -0.2) is 68.9 Å². The van der Waals surface area contributed by atoms with Gasteiger partial charge in [-0.15, -0.1) is 0 Å². The number of carboxylic acids is 1. The molecule has 0 atom stereocenters. The lowest BCUT2D eigenvalue weighted by atomic mass is 10.2. The van der Waals surface area contributed by atoms with Gasteiger partial charge < -0.3 is 14.7 Å². The molecule has 0 spiro atoms. The standard InChI is InChI=1S/C14H20N2O6S/c1-5-22-12-7-6-10(8-11(12)14(18)19)23(20,21)16(4)9-13(17)15(2)3/h6-8H,5,9H2,1-4H3,(H,18,19). The number of sulfonamides is 1. The predicted molar refractivity (Wildman–Crippen MR) is 83.1 cm³/mol. The Balaban J connectivity index is 3.20. The van der Waals surface area contributed by atoms with Gasteiger partial charge in [-0.3, -0.25) is 4.79 Å². The zero-order valence-electron chi connectivity index (χ0n) is 13.4. The first-order chi connectivity index (χ1) is 10.6. The molecule has 0 radical (unpaired) electrons. The summed E-state index contributed by atoms with van der Waals surface area (Å²) in [5.74, 6) is -1.59. The molecule has 0 heterocycles. The normalized spacial score (nSPS) is 11.3. The average Bonchev–Trinajstić information content (AvgIpc) is 2.47. The summed E-state index contributed by atoms with van der Waals surface area (Å²) in [6, 6.07) is 3.57. The Hall–Kier alpha value is -2.13. The first-order valence-electron chi connectivity index (χ1n) is 6.77. The second-order valence-electron chi connectivity index (χ2n) is 4.95. The first-order valence-corrected chi connectivity index (χ1v) is 8.21. The van der Waals surface area contributed by atoms with E-state index in [4.69, 9.17) is 4.74 Å². The number of carbonyl (C=O) groups excluding carboxylic acids is 1. The number of carboxylic acid groups (broad SMARTS) is 1. The SMILES string of the molecule is CCOc1ccc(S(=O)(=O)N(C)CC(=O)N(C)C)cc1C(=O)O. The Bertz CT molecular complexity index is 699. The highest BCUT2D eigenvalue weighted by atomic mass is 32.2. The van der Waals surface area contributed by atoms with Crippen molar-refractivity contribution >= 4 is 21.9 Å². The largest absolute Gasteiger partial charge is 0.493 e. The van der Waals surface area contributed by atoms with E-state index in [9.17, 15) is 23.1 Å². The third-order valence-corrected chi connectivity index (χ3v) is 4.85. The van der Waals surface area contributed by atoms with Crippen LogP contribution < -0.4 is 4.74 Å². The number of hydrogen-bond acceptors (Lipinski definition) is 5. The van der Waals surface area contributed by atoms with Crippen molar-refractivity contribution in [2.24, 2.45) is 0 Å². The van der Waals surface area contributed by atoms with Crippen LogP contribution in [0, 0.1) is 0 Å².